The van der Waals surface area contributed by atoms with E-state index in [4.69, 9.17) is 9.47 Å². The summed E-state index contributed by atoms with van der Waals surface area (Å²) in [5.41, 5.74) is 0. The highest BCUT2D eigenvalue weighted by Crippen LogP contribution is 2.33. The highest BCUT2D eigenvalue weighted by molar-refractivity contribution is 4.94. The summed E-state index contributed by atoms with van der Waals surface area (Å²) in [6, 6.07) is 0. The molecule has 4 unspecified atom stereocenters. The highest BCUT2D eigenvalue weighted by Gasteiger charge is 2.34. The van der Waals surface area contributed by atoms with Crippen molar-refractivity contribution >= 4 is 0 Å². The fourth-order valence-corrected chi connectivity index (χ4v) is 2.62. The summed E-state index contributed by atoms with van der Waals surface area (Å²) >= 11 is 0. The maximum atomic E-state index is 5.91. The molecule has 2 nitrogen and oxygen atoms in total. The van der Waals surface area contributed by atoms with E-state index in [0.717, 1.165) is 19.3 Å². The average Bonchev–Trinajstić information content (AvgIpc) is 2.16. The molecule has 2 heteroatoms. The number of allylic oxidation sites excluding steroid dienone is 2. The summed E-state index contributed by atoms with van der Waals surface area (Å²) in [6.07, 6.45) is 8.53. The first kappa shape index (κ1) is 11.2. The first-order valence-electron chi connectivity index (χ1n) is 6.12. The quantitative estimate of drug-likeness (QED) is 0.619. The molecule has 0 aromatic heterocycles. The van der Waals surface area contributed by atoms with Gasteiger partial charge in [0.1, 0.15) is 0 Å². The molecule has 15 heavy (non-hydrogen) atoms. The van der Waals surface area contributed by atoms with Crippen molar-refractivity contribution in [2.75, 3.05) is 0 Å². The smallest absolute Gasteiger partial charge is 0.161 e. The first-order chi connectivity index (χ1) is 7.16. The molecule has 2 aliphatic rings. The second-order valence-electron chi connectivity index (χ2n) is 5.08. The Bertz CT molecular complexity index is 227. The van der Waals surface area contributed by atoms with Gasteiger partial charge in [-0.25, -0.2) is 0 Å². The van der Waals surface area contributed by atoms with Gasteiger partial charge in [0, 0.05) is 5.92 Å². The van der Waals surface area contributed by atoms with Crippen LogP contribution >= 0.6 is 0 Å². The third kappa shape index (κ3) is 2.61. The van der Waals surface area contributed by atoms with E-state index < -0.39 is 0 Å². The van der Waals surface area contributed by atoms with Crippen LogP contribution in [0.1, 0.15) is 40.0 Å². The van der Waals surface area contributed by atoms with E-state index in [1.807, 2.05) is 0 Å². The summed E-state index contributed by atoms with van der Waals surface area (Å²) in [4.78, 5) is 0. The van der Waals surface area contributed by atoms with Crippen LogP contribution in [0.5, 0.6) is 0 Å². The van der Waals surface area contributed by atoms with E-state index in [9.17, 15) is 0 Å². The molecule has 1 aliphatic carbocycles. The van der Waals surface area contributed by atoms with Crippen LogP contribution in [0.25, 0.3) is 0 Å². The van der Waals surface area contributed by atoms with E-state index in [2.05, 4.69) is 32.9 Å². The van der Waals surface area contributed by atoms with Crippen LogP contribution in [0.2, 0.25) is 0 Å². The Morgan fingerprint density at radius 2 is 1.53 bits per heavy atom. The standard InChI is InChI=1S/C13H22O2/c1-9-6-4-5-7-12(9)13-14-10(2)8-11(3)15-13/h4-5,9-13H,6-8H2,1-3H3. The predicted octanol–water partition coefficient (Wildman–Crippen LogP) is 3.13. The average molecular weight is 210 g/mol. The monoisotopic (exact) mass is 210 g/mol. The fraction of sp³-hybridized carbons (Fsp3) is 0.846. The minimum Gasteiger partial charge on any atom is -0.349 e. The SMILES string of the molecule is CC1CC(C)OC(C2CC=CCC2C)O1. The maximum absolute atomic E-state index is 5.91. The van der Waals surface area contributed by atoms with Crippen molar-refractivity contribution in [2.24, 2.45) is 11.8 Å². The van der Waals surface area contributed by atoms with Crippen LogP contribution in [0.4, 0.5) is 0 Å². The lowest BCUT2D eigenvalue weighted by Crippen LogP contribution is -2.42. The van der Waals surface area contributed by atoms with Gasteiger partial charge < -0.3 is 9.47 Å². The number of hydrogen-bond donors (Lipinski definition) is 0. The van der Waals surface area contributed by atoms with Crippen LogP contribution in [0, 0.1) is 11.8 Å². The Balaban J connectivity index is 1.99. The second kappa shape index (κ2) is 4.67. The molecule has 86 valence electrons. The molecule has 0 spiro atoms. The van der Waals surface area contributed by atoms with Crippen molar-refractivity contribution in [3.63, 3.8) is 0 Å². The fourth-order valence-electron chi connectivity index (χ4n) is 2.62. The third-order valence-corrected chi connectivity index (χ3v) is 3.56. The van der Waals surface area contributed by atoms with Gasteiger partial charge in [0.05, 0.1) is 12.2 Å². The Labute approximate surface area is 92.6 Å². The van der Waals surface area contributed by atoms with E-state index in [-0.39, 0.29) is 6.29 Å². The van der Waals surface area contributed by atoms with Crippen LogP contribution < -0.4 is 0 Å². The van der Waals surface area contributed by atoms with Crippen molar-refractivity contribution in [3.8, 4) is 0 Å². The van der Waals surface area contributed by atoms with E-state index in [0.29, 0.717) is 24.0 Å². The lowest BCUT2D eigenvalue weighted by atomic mass is 9.83. The molecule has 0 radical (unpaired) electrons. The van der Waals surface area contributed by atoms with Gasteiger partial charge in [-0.05, 0) is 39.0 Å². The minimum absolute atomic E-state index is 0.0173. The minimum atomic E-state index is 0.0173. The first-order valence-corrected chi connectivity index (χ1v) is 6.12. The molecule has 1 saturated heterocycles. The predicted molar refractivity (Wildman–Crippen MR) is 60.5 cm³/mol. The summed E-state index contributed by atoms with van der Waals surface area (Å²) in [6.45, 7) is 6.59. The van der Waals surface area contributed by atoms with Crippen molar-refractivity contribution in [1.82, 2.24) is 0 Å². The number of hydrogen-bond acceptors (Lipinski definition) is 2. The van der Waals surface area contributed by atoms with Gasteiger partial charge in [-0.15, -0.1) is 0 Å². The molecule has 0 bridgehead atoms. The highest BCUT2D eigenvalue weighted by atomic mass is 16.7. The zero-order valence-electron chi connectivity index (χ0n) is 9.98. The van der Waals surface area contributed by atoms with Crippen molar-refractivity contribution in [2.45, 2.75) is 58.5 Å². The summed E-state index contributed by atoms with van der Waals surface area (Å²) in [5.74, 6) is 1.22. The molecule has 0 amide bonds. The molecular formula is C13H22O2. The summed E-state index contributed by atoms with van der Waals surface area (Å²) in [7, 11) is 0. The second-order valence-corrected chi connectivity index (χ2v) is 5.08. The van der Waals surface area contributed by atoms with Gasteiger partial charge in [-0.2, -0.15) is 0 Å². The molecule has 1 heterocycles. The van der Waals surface area contributed by atoms with Gasteiger partial charge in [0.25, 0.3) is 0 Å². The molecule has 1 aliphatic heterocycles. The van der Waals surface area contributed by atoms with Crippen molar-refractivity contribution < 1.29 is 9.47 Å². The van der Waals surface area contributed by atoms with Gasteiger partial charge in [0.2, 0.25) is 0 Å². The molecule has 4 atom stereocenters. The Hall–Kier alpha value is -0.340. The van der Waals surface area contributed by atoms with E-state index >= 15 is 0 Å². The lowest BCUT2D eigenvalue weighted by molar-refractivity contribution is -0.261. The normalized spacial score (nSPS) is 46.7. The van der Waals surface area contributed by atoms with Crippen molar-refractivity contribution in [1.29, 1.82) is 0 Å². The van der Waals surface area contributed by atoms with Gasteiger partial charge >= 0.3 is 0 Å². The van der Waals surface area contributed by atoms with Crippen LogP contribution in [-0.2, 0) is 9.47 Å². The molecule has 0 saturated carbocycles. The molecular weight excluding hydrogens is 188 g/mol. The van der Waals surface area contributed by atoms with E-state index in [1.54, 1.807) is 0 Å². The summed E-state index contributed by atoms with van der Waals surface area (Å²) in [5, 5.41) is 0. The number of rotatable bonds is 1. The maximum Gasteiger partial charge on any atom is 0.161 e. The molecule has 0 aromatic carbocycles. The van der Waals surface area contributed by atoms with Crippen LogP contribution in [0.3, 0.4) is 0 Å². The Kier molecular flexibility index (Phi) is 3.47. The summed E-state index contributed by atoms with van der Waals surface area (Å²) < 4.78 is 11.8. The topological polar surface area (TPSA) is 18.5 Å². The Morgan fingerprint density at radius 1 is 0.933 bits per heavy atom. The molecule has 2 rings (SSSR count). The van der Waals surface area contributed by atoms with E-state index in [1.165, 1.54) is 0 Å². The Morgan fingerprint density at radius 3 is 2.13 bits per heavy atom. The van der Waals surface area contributed by atoms with Crippen LogP contribution in [-0.4, -0.2) is 18.5 Å². The lowest BCUT2D eigenvalue weighted by Gasteiger charge is -2.39. The molecule has 1 fully saturated rings. The zero-order chi connectivity index (χ0) is 10.8. The zero-order valence-corrected chi connectivity index (χ0v) is 9.98. The van der Waals surface area contributed by atoms with Crippen molar-refractivity contribution in [3.05, 3.63) is 12.2 Å². The largest absolute Gasteiger partial charge is 0.349 e. The van der Waals surface area contributed by atoms with Crippen LogP contribution in [0.15, 0.2) is 12.2 Å². The molecule has 0 aromatic rings. The number of ether oxygens (including phenoxy) is 2. The third-order valence-electron chi connectivity index (χ3n) is 3.56. The van der Waals surface area contributed by atoms with Gasteiger partial charge in [-0.1, -0.05) is 19.1 Å². The van der Waals surface area contributed by atoms with Gasteiger partial charge in [-0.3, -0.25) is 0 Å². The van der Waals surface area contributed by atoms with Gasteiger partial charge in [0.15, 0.2) is 6.29 Å². The molecule has 0 N–H and O–H groups in total.